The molecule has 0 unspecified atom stereocenters. The summed E-state index contributed by atoms with van der Waals surface area (Å²) in [6.45, 7) is 1.29. The van der Waals surface area contributed by atoms with Crippen molar-refractivity contribution in [2.75, 3.05) is 6.54 Å². The van der Waals surface area contributed by atoms with Gasteiger partial charge in [-0.2, -0.15) is 0 Å². The van der Waals surface area contributed by atoms with Crippen molar-refractivity contribution in [1.29, 1.82) is 0 Å². The molecule has 3 heterocycles. The highest BCUT2D eigenvalue weighted by molar-refractivity contribution is 5.94. The molecule has 120 valence electrons. The van der Waals surface area contributed by atoms with Crippen LogP contribution in [0.1, 0.15) is 27.7 Å². The minimum atomic E-state index is -0.352. The van der Waals surface area contributed by atoms with E-state index in [4.69, 9.17) is 0 Å². The molecule has 0 aliphatic carbocycles. The van der Waals surface area contributed by atoms with Crippen LogP contribution in [-0.4, -0.2) is 26.9 Å². The second-order valence-electron chi connectivity index (χ2n) is 5.85. The Morgan fingerprint density at radius 2 is 1.83 bits per heavy atom. The summed E-state index contributed by atoms with van der Waals surface area (Å²) in [5.74, 6) is -0.238. The van der Waals surface area contributed by atoms with Gasteiger partial charge in [-0.3, -0.25) is 9.59 Å². The maximum absolute atomic E-state index is 13.0. The Labute approximate surface area is 139 Å². The minimum Gasteiger partial charge on any atom is -0.348 e. The average molecular weight is 319 g/mol. The van der Waals surface area contributed by atoms with Gasteiger partial charge < -0.3 is 14.5 Å². The summed E-state index contributed by atoms with van der Waals surface area (Å²) in [5.41, 5.74) is 1.93. The van der Waals surface area contributed by atoms with Gasteiger partial charge in [0, 0.05) is 31.2 Å². The van der Waals surface area contributed by atoms with E-state index in [2.05, 4.69) is 9.55 Å². The van der Waals surface area contributed by atoms with E-state index in [0.29, 0.717) is 6.54 Å². The van der Waals surface area contributed by atoms with Crippen molar-refractivity contribution in [1.82, 2.24) is 14.5 Å². The SMILES string of the molecule is O=C(c1ccc[nH]c1=O)N1CCn2cccc2[C@@H]1c1ccccc1. The number of nitrogens with one attached hydrogen (secondary N) is 1. The molecule has 1 aliphatic heterocycles. The number of hydrogen-bond donors (Lipinski definition) is 1. The lowest BCUT2D eigenvalue weighted by Crippen LogP contribution is -2.43. The molecule has 4 rings (SSSR count). The van der Waals surface area contributed by atoms with Crippen LogP contribution in [0.2, 0.25) is 0 Å². The standard InChI is InChI=1S/C19H17N3O2/c23-18-15(8-4-10-20-18)19(24)22-13-12-21-11-5-9-16(21)17(22)14-6-2-1-3-7-14/h1-11,17H,12-13H2,(H,20,23)/t17-/m0/s1. The molecular weight excluding hydrogens is 302 g/mol. The lowest BCUT2D eigenvalue weighted by atomic mass is 9.99. The molecule has 0 bridgehead atoms. The lowest BCUT2D eigenvalue weighted by Gasteiger charge is -2.37. The molecule has 1 aromatic carbocycles. The second kappa shape index (κ2) is 5.85. The van der Waals surface area contributed by atoms with E-state index in [0.717, 1.165) is 17.8 Å². The van der Waals surface area contributed by atoms with Crippen LogP contribution in [-0.2, 0) is 6.54 Å². The Bertz CT molecular complexity index is 927. The fourth-order valence-corrected chi connectivity index (χ4v) is 3.33. The van der Waals surface area contributed by atoms with Gasteiger partial charge in [-0.25, -0.2) is 0 Å². The Balaban J connectivity index is 1.81. The third-order valence-electron chi connectivity index (χ3n) is 4.46. The van der Waals surface area contributed by atoms with Gasteiger partial charge in [0.25, 0.3) is 11.5 Å². The van der Waals surface area contributed by atoms with Gasteiger partial charge in [-0.15, -0.1) is 0 Å². The van der Waals surface area contributed by atoms with Gasteiger partial charge >= 0.3 is 0 Å². The third-order valence-corrected chi connectivity index (χ3v) is 4.46. The van der Waals surface area contributed by atoms with E-state index in [1.165, 1.54) is 6.20 Å². The topological polar surface area (TPSA) is 58.1 Å². The molecule has 3 aromatic rings. The Morgan fingerprint density at radius 3 is 2.62 bits per heavy atom. The summed E-state index contributed by atoms with van der Waals surface area (Å²) < 4.78 is 2.16. The molecular formula is C19H17N3O2. The molecule has 0 radical (unpaired) electrons. The first-order valence-electron chi connectivity index (χ1n) is 7.94. The van der Waals surface area contributed by atoms with Crippen molar-refractivity contribution in [2.45, 2.75) is 12.6 Å². The summed E-state index contributed by atoms with van der Waals surface area (Å²) >= 11 is 0. The number of pyridine rings is 1. The number of aromatic nitrogens is 2. The number of H-pyrrole nitrogens is 1. The molecule has 0 saturated heterocycles. The van der Waals surface area contributed by atoms with Gasteiger partial charge in [-0.1, -0.05) is 30.3 Å². The van der Waals surface area contributed by atoms with E-state index in [1.807, 2.05) is 48.7 Å². The zero-order valence-corrected chi connectivity index (χ0v) is 13.1. The predicted molar refractivity (Wildman–Crippen MR) is 90.8 cm³/mol. The molecule has 2 aromatic heterocycles. The van der Waals surface area contributed by atoms with E-state index in [1.54, 1.807) is 17.0 Å². The number of rotatable bonds is 2. The largest absolute Gasteiger partial charge is 0.348 e. The van der Waals surface area contributed by atoms with Gasteiger partial charge in [0.2, 0.25) is 0 Å². The van der Waals surface area contributed by atoms with E-state index < -0.39 is 0 Å². The van der Waals surface area contributed by atoms with E-state index >= 15 is 0 Å². The molecule has 1 atom stereocenters. The molecule has 0 saturated carbocycles. The van der Waals surface area contributed by atoms with Crippen LogP contribution < -0.4 is 5.56 Å². The molecule has 1 N–H and O–H groups in total. The Kier molecular flexibility index (Phi) is 3.54. The highest BCUT2D eigenvalue weighted by Gasteiger charge is 2.33. The van der Waals surface area contributed by atoms with Gasteiger partial charge in [-0.05, 0) is 29.8 Å². The molecule has 5 heteroatoms. The number of carbonyl (C=O) groups is 1. The maximum Gasteiger partial charge on any atom is 0.260 e. The number of benzene rings is 1. The first kappa shape index (κ1) is 14.5. The van der Waals surface area contributed by atoms with Crippen molar-refractivity contribution < 1.29 is 4.79 Å². The van der Waals surface area contributed by atoms with Crippen LogP contribution in [0, 0.1) is 0 Å². The highest BCUT2D eigenvalue weighted by atomic mass is 16.2. The Hall–Kier alpha value is -3.08. The molecule has 1 amide bonds. The highest BCUT2D eigenvalue weighted by Crippen LogP contribution is 2.32. The zero-order valence-electron chi connectivity index (χ0n) is 13.1. The van der Waals surface area contributed by atoms with Crippen LogP contribution in [0.15, 0.2) is 71.8 Å². The summed E-state index contributed by atoms with van der Waals surface area (Å²) in [4.78, 5) is 29.4. The number of hydrogen-bond acceptors (Lipinski definition) is 2. The maximum atomic E-state index is 13.0. The number of carbonyl (C=O) groups excluding carboxylic acids is 1. The van der Waals surface area contributed by atoms with Gasteiger partial charge in [0.15, 0.2) is 0 Å². The summed E-state index contributed by atoms with van der Waals surface area (Å²) in [6, 6.07) is 17.0. The summed E-state index contributed by atoms with van der Waals surface area (Å²) in [7, 11) is 0. The number of amides is 1. The van der Waals surface area contributed by atoms with Crippen LogP contribution in [0.4, 0.5) is 0 Å². The van der Waals surface area contributed by atoms with Crippen molar-refractivity contribution >= 4 is 5.91 Å². The molecule has 0 spiro atoms. The quantitative estimate of drug-likeness (QED) is 0.788. The monoisotopic (exact) mass is 319 g/mol. The van der Waals surface area contributed by atoms with Crippen molar-refractivity contribution in [3.8, 4) is 0 Å². The number of nitrogens with zero attached hydrogens (tertiary/aromatic N) is 2. The first-order valence-corrected chi connectivity index (χ1v) is 7.94. The van der Waals surface area contributed by atoms with Crippen molar-refractivity contribution in [2.24, 2.45) is 0 Å². The lowest BCUT2D eigenvalue weighted by molar-refractivity contribution is 0.0662. The Morgan fingerprint density at radius 1 is 1.00 bits per heavy atom. The zero-order chi connectivity index (χ0) is 16.5. The fourth-order valence-electron chi connectivity index (χ4n) is 3.33. The fraction of sp³-hybridized carbons (Fsp3) is 0.158. The van der Waals surface area contributed by atoms with E-state index in [-0.39, 0.29) is 23.1 Å². The summed E-state index contributed by atoms with van der Waals surface area (Å²) in [6.07, 6.45) is 3.57. The van der Waals surface area contributed by atoms with E-state index in [9.17, 15) is 9.59 Å². The number of fused-ring (bicyclic) bond motifs is 1. The van der Waals surface area contributed by atoms with Crippen molar-refractivity contribution in [3.05, 3.63) is 94.2 Å². The molecule has 1 aliphatic rings. The molecule has 5 nitrogen and oxygen atoms in total. The minimum absolute atomic E-state index is 0.179. The van der Waals surface area contributed by atoms with Crippen LogP contribution in [0.3, 0.4) is 0 Å². The van der Waals surface area contributed by atoms with Gasteiger partial charge in [0.1, 0.15) is 5.56 Å². The predicted octanol–water partition coefficient (Wildman–Crippen LogP) is 2.42. The first-order chi connectivity index (χ1) is 11.8. The normalized spacial score (nSPS) is 16.7. The summed E-state index contributed by atoms with van der Waals surface area (Å²) in [5, 5.41) is 0. The molecule has 0 fully saturated rings. The van der Waals surface area contributed by atoms with Crippen LogP contribution in [0.5, 0.6) is 0 Å². The third kappa shape index (κ3) is 2.34. The average Bonchev–Trinajstić information content (AvgIpc) is 3.10. The number of aromatic amines is 1. The smallest absolute Gasteiger partial charge is 0.260 e. The van der Waals surface area contributed by atoms with Crippen LogP contribution in [0.25, 0.3) is 0 Å². The van der Waals surface area contributed by atoms with Gasteiger partial charge in [0.05, 0.1) is 6.04 Å². The second-order valence-corrected chi connectivity index (χ2v) is 5.85. The van der Waals surface area contributed by atoms with Crippen molar-refractivity contribution in [3.63, 3.8) is 0 Å². The van der Waals surface area contributed by atoms with Crippen LogP contribution >= 0.6 is 0 Å². The molecule has 24 heavy (non-hydrogen) atoms.